The van der Waals surface area contributed by atoms with Crippen molar-refractivity contribution in [2.24, 2.45) is 4.99 Å². The first kappa shape index (κ1) is 19.0. The van der Waals surface area contributed by atoms with Crippen molar-refractivity contribution in [2.45, 2.75) is 6.54 Å². The lowest BCUT2D eigenvalue weighted by molar-refractivity contribution is -0.119. The number of nitrogens with one attached hydrogen (secondary N) is 1. The molecule has 9 heteroatoms. The van der Waals surface area contributed by atoms with E-state index in [4.69, 9.17) is 0 Å². The molecule has 5 rings (SSSR count). The van der Waals surface area contributed by atoms with Gasteiger partial charge in [-0.3, -0.25) is 19.6 Å². The summed E-state index contributed by atoms with van der Waals surface area (Å²) in [6.07, 6.45) is 1.62. The Morgan fingerprint density at radius 1 is 1.10 bits per heavy atom. The Kier molecular flexibility index (Phi) is 4.70. The summed E-state index contributed by atoms with van der Waals surface area (Å²) in [5.41, 5.74) is 2.21. The minimum Gasteiger partial charge on any atom is -0.350 e. The molecular weight excluding hydrogens is 399 g/mol. The molecule has 3 heterocycles. The Bertz CT molecular complexity index is 1170. The van der Waals surface area contributed by atoms with Crippen LogP contribution < -0.4 is 10.2 Å². The van der Waals surface area contributed by atoms with Gasteiger partial charge in [-0.05, 0) is 29.8 Å². The molecule has 0 atom stereocenters. The number of carbonyl (C=O) groups excluding carboxylic acids is 2. The Balaban J connectivity index is 1.46. The number of nitrogens with zero attached hydrogens (tertiary/aromatic N) is 5. The standard InChI is InChI=1S/C22H19FN6O2/c23-16-6-8-17(9-7-16)29-21-18(13-26-29)20-24-10-11-27(20)22(31)28(21)14-19(30)25-12-15-4-2-1-3-5-15/h1-9,13H,10-12,14H2,(H,25,30). The zero-order chi connectivity index (χ0) is 21.4. The summed E-state index contributed by atoms with van der Waals surface area (Å²) in [7, 11) is 0. The summed E-state index contributed by atoms with van der Waals surface area (Å²) in [5.74, 6) is 0.330. The van der Waals surface area contributed by atoms with E-state index in [1.165, 1.54) is 21.7 Å². The van der Waals surface area contributed by atoms with Crippen LogP contribution in [-0.2, 0) is 11.3 Å². The van der Waals surface area contributed by atoms with Crippen molar-refractivity contribution in [2.75, 3.05) is 24.5 Å². The minimum atomic E-state index is -0.371. The van der Waals surface area contributed by atoms with Gasteiger partial charge in [-0.25, -0.2) is 13.9 Å². The van der Waals surface area contributed by atoms with Crippen molar-refractivity contribution in [3.8, 4) is 5.69 Å². The molecule has 0 radical (unpaired) electrons. The van der Waals surface area contributed by atoms with E-state index in [2.05, 4.69) is 15.4 Å². The van der Waals surface area contributed by atoms with Crippen LogP contribution >= 0.6 is 0 Å². The number of carbonyl (C=O) groups is 2. The summed E-state index contributed by atoms with van der Waals surface area (Å²) < 4.78 is 14.9. The Morgan fingerprint density at radius 2 is 1.87 bits per heavy atom. The van der Waals surface area contributed by atoms with Crippen LogP contribution in [0.3, 0.4) is 0 Å². The van der Waals surface area contributed by atoms with Gasteiger partial charge in [0, 0.05) is 13.1 Å². The number of amides is 3. The first-order chi connectivity index (χ1) is 15.1. The van der Waals surface area contributed by atoms with Gasteiger partial charge in [-0.15, -0.1) is 0 Å². The summed E-state index contributed by atoms with van der Waals surface area (Å²) in [6.45, 7) is 1.14. The van der Waals surface area contributed by atoms with Gasteiger partial charge in [-0.2, -0.15) is 5.10 Å². The Morgan fingerprint density at radius 3 is 2.65 bits per heavy atom. The molecule has 1 aromatic heterocycles. The van der Waals surface area contributed by atoms with E-state index in [-0.39, 0.29) is 24.3 Å². The number of anilines is 1. The largest absolute Gasteiger partial charge is 0.350 e. The van der Waals surface area contributed by atoms with Gasteiger partial charge >= 0.3 is 6.03 Å². The number of aliphatic imine (C=N–C) groups is 1. The maximum Gasteiger partial charge on any atom is 0.331 e. The van der Waals surface area contributed by atoms with Gasteiger partial charge in [-0.1, -0.05) is 30.3 Å². The van der Waals surface area contributed by atoms with Crippen LogP contribution in [0.4, 0.5) is 15.0 Å². The number of benzene rings is 2. The van der Waals surface area contributed by atoms with Crippen LogP contribution in [0.15, 0.2) is 65.8 Å². The summed E-state index contributed by atoms with van der Waals surface area (Å²) >= 11 is 0. The van der Waals surface area contributed by atoms with Crippen LogP contribution in [0.25, 0.3) is 5.69 Å². The van der Waals surface area contributed by atoms with E-state index in [0.29, 0.717) is 42.5 Å². The second-order valence-electron chi connectivity index (χ2n) is 7.26. The number of hydrogen-bond acceptors (Lipinski definition) is 4. The van der Waals surface area contributed by atoms with Crippen LogP contribution in [0, 0.1) is 5.82 Å². The molecule has 0 unspecified atom stereocenters. The summed E-state index contributed by atoms with van der Waals surface area (Å²) in [6, 6.07) is 15.0. The Hall–Kier alpha value is -4.01. The van der Waals surface area contributed by atoms with Gasteiger partial charge in [0.2, 0.25) is 5.91 Å². The zero-order valence-electron chi connectivity index (χ0n) is 16.5. The second kappa shape index (κ2) is 7.67. The fourth-order valence-corrected chi connectivity index (χ4v) is 3.77. The van der Waals surface area contributed by atoms with E-state index in [1.54, 1.807) is 23.2 Å². The van der Waals surface area contributed by atoms with Crippen molar-refractivity contribution in [1.29, 1.82) is 0 Å². The number of urea groups is 1. The number of rotatable bonds is 5. The molecule has 3 aromatic rings. The van der Waals surface area contributed by atoms with Crippen LogP contribution in [0.2, 0.25) is 0 Å². The average molecular weight is 418 g/mol. The van der Waals surface area contributed by atoms with E-state index >= 15 is 0 Å². The number of halogens is 1. The number of amidine groups is 1. The predicted octanol–water partition coefficient (Wildman–Crippen LogP) is 2.33. The van der Waals surface area contributed by atoms with Crippen molar-refractivity contribution in [3.63, 3.8) is 0 Å². The molecule has 2 aromatic carbocycles. The van der Waals surface area contributed by atoms with Crippen molar-refractivity contribution >= 4 is 23.6 Å². The van der Waals surface area contributed by atoms with E-state index in [1.807, 2.05) is 30.3 Å². The molecule has 0 saturated heterocycles. The molecule has 31 heavy (non-hydrogen) atoms. The van der Waals surface area contributed by atoms with Crippen LogP contribution in [-0.4, -0.2) is 52.1 Å². The molecule has 0 aliphatic carbocycles. The van der Waals surface area contributed by atoms with Gasteiger partial charge < -0.3 is 5.32 Å². The highest BCUT2D eigenvalue weighted by Crippen LogP contribution is 2.32. The molecule has 3 amide bonds. The number of fused-ring (bicyclic) bond motifs is 3. The maximum atomic E-state index is 13.4. The van der Waals surface area contributed by atoms with Crippen LogP contribution in [0.1, 0.15) is 11.1 Å². The molecule has 2 aliphatic rings. The molecular formula is C22H19FN6O2. The summed E-state index contributed by atoms with van der Waals surface area (Å²) in [4.78, 5) is 33.3. The third-order valence-corrected chi connectivity index (χ3v) is 5.25. The van der Waals surface area contributed by atoms with Crippen LogP contribution in [0.5, 0.6) is 0 Å². The molecule has 156 valence electrons. The van der Waals surface area contributed by atoms with Crippen molar-refractivity contribution < 1.29 is 14.0 Å². The highest BCUT2D eigenvalue weighted by Gasteiger charge is 2.41. The van der Waals surface area contributed by atoms with Gasteiger partial charge in [0.1, 0.15) is 18.2 Å². The third-order valence-electron chi connectivity index (χ3n) is 5.25. The molecule has 0 saturated carbocycles. The lowest BCUT2D eigenvalue weighted by Crippen LogP contribution is -2.53. The second-order valence-corrected chi connectivity index (χ2v) is 7.26. The highest BCUT2D eigenvalue weighted by atomic mass is 19.1. The maximum absolute atomic E-state index is 13.4. The molecule has 0 spiro atoms. The Labute approximate surface area is 177 Å². The predicted molar refractivity (Wildman–Crippen MR) is 113 cm³/mol. The van der Waals surface area contributed by atoms with E-state index in [9.17, 15) is 14.0 Å². The van der Waals surface area contributed by atoms with E-state index in [0.717, 1.165) is 5.56 Å². The molecule has 1 N–H and O–H groups in total. The van der Waals surface area contributed by atoms with Gasteiger partial charge in [0.25, 0.3) is 0 Å². The van der Waals surface area contributed by atoms with Crippen molar-refractivity contribution in [1.82, 2.24) is 20.0 Å². The monoisotopic (exact) mass is 418 g/mol. The lowest BCUT2D eigenvalue weighted by atomic mass is 10.2. The third kappa shape index (κ3) is 3.43. The topological polar surface area (TPSA) is 82.8 Å². The highest BCUT2D eigenvalue weighted by molar-refractivity contribution is 6.20. The summed E-state index contributed by atoms with van der Waals surface area (Å²) in [5, 5.41) is 7.26. The SMILES string of the molecule is O=C(CN1C(=O)N2CCN=C2c2cnn(-c3ccc(F)cc3)c21)NCc1ccccc1. The number of hydrogen-bond donors (Lipinski definition) is 1. The molecule has 8 nitrogen and oxygen atoms in total. The molecule has 2 aliphatic heterocycles. The minimum absolute atomic E-state index is 0.171. The zero-order valence-corrected chi connectivity index (χ0v) is 16.5. The fraction of sp³-hybridized carbons (Fsp3) is 0.182. The van der Waals surface area contributed by atoms with Gasteiger partial charge in [0.05, 0.1) is 24.0 Å². The normalized spacial score (nSPS) is 14.9. The fourth-order valence-electron chi connectivity index (χ4n) is 3.77. The quantitative estimate of drug-likeness (QED) is 0.690. The average Bonchev–Trinajstić information content (AvgIpc) is 3.44. The van der Waals surface area contributed by atoms with Gasteiger partial charge in [0.15, 0.2) is 5.82 Å². The molecule has 0 bridgehead atoms. The first-order valence-corrected chi connectivity index (χ1v) is 9.90. The van der Waals surface area contributed by atoms with E-state index < -0.39 is 0 Å². The molecule has 0 fully saturated rings. The first-order valence-electron chi connectivity index (χ1n) is 9.90. The smallest absolute Gasteiger partial charge is 0.331 e. The van der Waals surface area contributed by atoms with Crippen molar-refractivity contribution in [3.05, 3.63) is 77.7 Å². The lowest BCUT2D eigenvalue weighted by Gasteiger charge is -2.33. The number of aromatic nitrogens is 2.